The molecule has 9 aromatic carbocycles. The average molecular weight is 1030 g/mol. The zero-order valence-electron chi connectivity index (χ0n) is 47.3. The van der Waals surface area contributed by atoms with Crippen molar-refractivity contribution in [1.82, 2.24) is 0 Å². The van der Waals surface area contributed by atoms with E-state index < -0.39 is 0 Å². The lowest BCUT2D eigenvalue weighted by Gasteiger charge is -2.42. The minimum absolute atomic E-state index is 0.192. The van der Waals surface area contributed by atoms with Crippen LogP contribution in [0.25, 0.3) is 43.1 Å². The number of nitrogens with zero attached hydrogens (tertiary/aromatic N) is 2. The molecule has 0 saturated heterocycles. The van der Waals surface area contributed by atoms with E-state index in [9.17, 15) is 0 Å². The molecular formula is C74H82N2O2. The number of fused-ring (bicyclic) bond motifs is 2. The molecule has 0 aromatic heterocycles. The van der Waals surface area contributed by atoms with Crippen molar-refractivity contribution in [3.8, 4) is 11.5 Å². The maximum absolute atomic E-state index is 8.04. The fourth-order valence-electron chi connectivity index (χ4n) is 15.4. The Hall–Kier alpha value is -6.52. The Labute approximate surface area is 465 Å². The molecule has 4 heteroatoms. The summed E-state index contributed by atoms with van der Waals surface area (Å²) in [6.07, 6.45) is 27.7. The molecule has 9 aromatic rings. The van der Waals surface area contributed by atoms with Crippen LogP contribution in [0.15, 0.2) is 146 Å². The van der Waals surface area contributed by atoms with Gasteiger partial charge in [-0.05, 0) is 199 Å². The summed E-state index contributed by atoms with van der Waals surface area (Å²) in [7, 11) is 0. The van der Waals surface area contributed by atoms with Crippen LogP contribution >= 0.6 is 0 Å². The molecule has 400 valence electrons. The number of ether oxygens (including phenoxy) is 2. The molecule has 4 fully saturated rings. The third-order valence-corrected chi connectivity index (χ3v) is 19.4. The molecule has 0 N–H and O–H groups in total. The summed E-state index contributed by atoms with van der Waals surface area (Å²) in [6, 6.07) is 55.9. The van der Waals surface area contributed by atoms with E-state index in [4.69, 9.17) is 9.47 Å². The zero-order valence-corrected chi connectivity index (χ0v) is 47.3. The van der Waals surface area contributed by atoms with Crippen LogP contribution in [0.2, 0.25) is 0 Å². The first-order valence-corrected chi connectivity index (χ1v) is 30.7. The number of hydrogen-bond acceptors (Lipinski definition) is 4. The van der Waals surface area contributed by atoms with Crippen molar-refractivity contribution in [3.63, 3.8) is 0 Å². The molecule has 0 bridgehead atoms. The Morgan fingerprint density at radius 3 is 0.936 bits per heavy atom. The first-order chi connectivity index (χ1) is 38.2. The monoisotopic (exact) mass is 1030 g/mol. The number of anilines is 6. The van der Waals surface area contributed by atoms with Crippen molar-refractivity contribution in [2.45, 2.75) is 180 Å². The van der Waals surface area contributed by atoms with Crippen molar-refractivity contribution < 1.29 is 9.47 Å². The Balaban J connectivity index is 1.12. The van der Waals surface area contributed by atoms with Crippen LogP contribution in [-0.4, -0.2) is 11.2 Å². The standard InChI is InChI=1S/C74H82N2O2/c1-51-21-29-57(30-22-51)75(58-31-23-52(2)24-32-58)65-41-37-63-69-61(65)39-43-67(77-73(45-13-7-14-46-73)49-55-17-9-5-10-18-55)71(69)64-38-42-66(76(59-33-25-53(3)26-34-59)60-35-27-54(4)28-36-60)62-40-44-68(72(63)70(62)64)78-74(47-15-8-16-48-74)50-56-19-11-6-12-20-56/h21-44,55-56H,5-20,45-50H2,1-4H3. The molecule has 13 rings (SSSR count). The van der Waals surface area contributed by atoms with Crippen molar-refractivity contribution >= 4 is 77.2 Å². The van der Waals surface area contributed by atoms with E-state index in [1.165, 1.54) is 179 Å². The highest BCUT2D eigenvalue weighted by molar-refractivity contribution is 6.37. The van der Waals surface area contributed by atoms with Gasteiger partial charge in [0.05, 0.1) is 11.4 Å². The predicted octanol–water partition coefficient (Wildman–Crippen LogP) is 22.0. The second kappa shape index (κ2) is 21.6. The molecule has 4 aliphatic rings. The summed E-state index contributed by atoms with van der Waals surface area (Å²) in [5.41, 5.74) is 11.6. The van der Waals surface area contributed by atoms with Crippen molar-refractivity contribution in [2.75, 3.05) is 9.80 Å². The Morgan fingerprint density at radius 1 is 0.321 bits per heavy atom. The lowest BCUT2D eigenvalue weighted by Crippen LogP contribution is -2.40. The van der Waals surface area contributed by atoms with Gasteiger partial charge in [0.15, 0.2) is 0 Å². The van der Waals surface area contributed by atoms with Gasteiger partial charge in [-0.15, -0.1) is 0 Å². The molecule has 0 atom stereocenters. The van der Waals surface area contributed by atoms with E-state index in [1.54, 1.807) is 0 Å². The van der Waals surface area contributed by atoms with E-state index in [-0.39, 0.29) is 11.2 Å². The quantitative estimate of drug-likeness (QED) is 0.0800. The SMILES string of the molecule is Cc1ccc(N(c2ccc(C)cc2)c2ccc3c4c(OC5(CC6CCCCC6)CCCCC5)ccc5c(N(c6ccc(C)cc6)c6ccc(C)cc6)ccc(c6c(OC7(CC8CCCCC8)CCCCC7)ccc2c36)c54)cc1. The van der Waals surface area contributed by atoms with E-state index in [0.29, 0.717) is 0 Å². The molecule has 0 aliphatic heterocycles. The fourth-order valence-corrected chi connectivity index (χ4v) is 15.4. The molecule has 4 nitrogen and oxygen atoms in total. The van der Waals surface area contributed by atoms with E-state index in [0.717, 1.165) is 84.6 Å². The summed E-state index contributed by atoms with van der Waals surface area (Å²) in [6.45, 7) is 8.75. The lowest BCUT2D eigenvalue weighted by atomic mass is 9.74. The maximum atomic E-state index is 8.04. The third-order valence-electron chi connectivity index (χ3n) is 19.4. The molecule has 78 heavy (non-hydrogen) atoms. The topological polar surface area (TPSA) is 24.9 Å². The molecule has 0 amide bonds. The second-order valence-electron chi connectivity index (χ2n) is 25.1. The average Bonchev–Trinajstić information content (AvgIpc) is 3.61. The van der Waals surface area contributed by atoms with Crippen LogP contribution in [-0.2, 0) is 0 Å². The second-order valence-corrected chi connectivity index (χ2v) is 25.1. The number of hydrogen-bond donors (Lipinski definition) is 0. The van der Waals surface area contributed by atoms with Crippen LogP contribution in [0.4, 0.5) is 34.1 Å². The van der Waals surface area contributed by atoms with Gasteiger partial charge in [0, 0.05) is 55.1 Å². The summed E-state index contributed by atoms with van der Waals surface area (Å²) in [4.78, 5) is 4.99. The van der Waals surface area contributed by atoms with Gasteiger partial charge in [0.2, 0.25) is 0 Å². The fraction of sp³-hybridized carbons (Fsp3) is 0.405. The molecule has 0 heterocycles. The number of rotatable bonds is 14. The van der Waals surface area contributed by atoms with E-state index >= 15 is 0 Å². The first kappa shape index (κ1) is 51.0. The van der Waals surface area contributed by atoms with Gasteiger partial charge in [-0.1, -0.05) is 160 Å². The first-order valence-electron chi connectivity index (χ1n) is 30.7. The highest BCUT2D eigenvalue weighted by Crippen LogP contribution is 2.55. The Morgan fingerprint density at radius 2 is 0.615 bits per heavy atom. The van der Waals surface area contributed by atoms with Crippen LogP contribution in [0.1, 0.15) is 164 Å². The minimum atomic E-state index is -0.192. The zero-order chi connectivity index (χ0) is 52.8. The van der Waals surface area contributed by atoms with Gasteiger partial charge in [-0.2, -0.15) is 0 Å². The molecule has 4 saturated carbocycles. The van der Waals surface area contributed by atoms with Crippen LogP contribution in [0, 0.1) is 39.5 Å². The van der Waals surface area contributed by atoms with Gasteiger partial charge in [0.1, 0.15) is 22.7 Å². The smallest absolute Gasteiger partial charge is 0.128 e. The Bertz CT molecular complexity index is 3190. The van der Waals surface area contributed by atoms with E-state index in [1.807, 2.05) is 0 Å². The van der Waals surface area contributed by atoms with Gasteiger partial charge >= 0.3 is 0 Å². The molecule has 0 unspecified atom stereocenters. The number of benzene rings is 9. The highest BCUT2D eigenvalue weighted by atomic mass is 16.5. The summed E-state index contributed by atoms with van der Waals surface area (Å²) < 4.78 is 16.1. The van der Waals surface area contributed by atoms with Crippen LogP contribution in [0.3, 0.4) is 0 Å². The van der Waals surface area contributed by atoms with E-state index in [2.05, 4.69) is 183 Å². The maximum Gasteiger partial charge on any atom is 0.128 e. The largest absolute Gasteiger partial charge is 0.487 e. The molecule has 0 radical (unpaired) electrons. The molecule has 0 spiro atoms. The highest BCUT2D eigenvalue weighted by Gasteiger charge is 2.40. The number of aryl methyl sites for hydroxylation is 4. The lowest BCUT2D eigenvalue weighted by molar-refractivity contribution is 0.00321. The normalized spacial score (nSPS) is 18.2. The third kappa shape index (κ3) is 9.89. The predicted molar refractivity (Wildman–Crippen MR) is 331 cm³/mol. The summed E-state index contributed by atoms with van der Waals surface area (Å²) in [5.74, 6) is 3.51. The molecule has 4 aliphatic carbocycles. The van der Waals surface area contributed by atoms with Crippen LogP contribution in [0.5, 0.6) is 11.5 Å². The summed E-state index contributed by atoms with van der Waals surface area (Å²) in [5, 5.41) is 9.97. The van der Waals surface area contributed by atoms with Gasteiger partial charge in [-0.3, -0.25) is 0 Å². The van der Waals surface area contributed by atoms with Gasteiger partial charge < -0.3 is 19.3 Å². The van der Waals surface area contributed by atoms with Crippen molar-refractivity contribution in [3.05, 3.63) is 168 Å². The minimum Gasteiger partial charge on any atom is -0.487 e. The van der Waals surface area contributed by atoms with Crippen LogP contribution < -0.4 is 19.3 Å². The van der Waals surface area contributed by atoms with Gasteiger partial charge in [-0.25, -0.2) is 0 Å². The Kier molecular flexibility index (Phi) is 14.1. The van der Waals surface area contributed by atoms with Gasteiger partial charge in [0.25, 0.3) is 0 Å². The summed E-state index contributed by atoms with van der Waals surface area (Å²) >= 11 is 0. The van der Waals surface area contributed by atoms with Crippen molar-refractivity contribution in [2.24, 2.45) is 11.8 Å². The molecular weight excluding hydrogens is 949 g/mol. The van der Waals surface area contributed by atoms with Crippen molar-refractivity contribution in [1.29, 1.82) is 0 Å².